The number of amides is 1. The van der Waals surface area contributed by atoms with E-state index in [0.717, 1.165) is 24.5 Å². The van der Waals surface area contributed by atoms with Crippen LogP contribution in [0.5, 0.6) is 0 Å². The third-order valence-electron chi connectivity index (χ3n) is 3.06. The van der Waals surface area contributed by atoms with Gasteiger partial charge in [-0.3, -0.25) is 4.79 Å². The quantitative estimate of drug-likeness (QED) is 0.853. The molecule has 0 saturated carbocycles. The number of hydrogen-bond donors (Lipinski definition) is 2. The van der Waals surface area contributed by atoms with E-state index in [-0.39, 0.29) is 12.0 Å². The van der Waals surface area contributed by atoms with Gasteiger partial charge in [-0.15, -0.1) is 0 Å². The second-order valence-electron chi connectivity index (χ2n) is 4.89. The third-order valence-corrected chi connectivity index (χ3v) is 3.06. The number of carbonyl (C=O) groups is 1. The summed E-state index contributed by atoms with van der Waals surface area (Å²) in [5.41, 5.74) is 1.88. The summed E-state index contributed by atoms with van der Waals surface area (Å²) in [5, 5.41) is 6.13. The number of anilines is 2. The zero-order valence-corrected chi connectivity index (χ0v) is 11.5. The van der Waals surface area contributed by atoms with Gasteiger partial charge in [0.1, 0.15) is 0 Å². The summed E-state index contributed by atoms with van der Waals surface area (Å²) in [6.45, 7) is 2.28. The molecule has 104 valence electrons. The number of ether oxygens (including phenoxy) is 1. The first-order valence-electron chi connectivity index (χ1n) is 6.55. The molecule has 0 aromatic heterocycles. The Kier molecular flexibility index (Phi) is 4.76. The Labute approximate surface area is 113 Å². The van der Waals surface area contributed by atoms with E-state index in [1.807, 2.05) is 43.3 Å². The summed E-state index contributed by atoms with van der Waals surface area (Å²) in [4.78, 5) is 13.9. The highest BCUT2D eigenvalue weighted by atomic mass is 16.5. The first-order chi connectivity index (χ1) is 9.15. The molecule has 0 aliphatic carbocycles. The van der Waals surface area contributed by atoms with Crippen molar-refractivity contribution in [2.45, 2.75) is 12.5 Å². The normalized spacial score (nSPS) is 18.9. The van der Waals surface area contributed by atoms with Gasteiger partial charge >= 0.3 is 0 Å². The summed E-state index contributed by atoms with van der Waals surface area (Å²) in [7, 11) is 3.95. The van der Waals surface area contributed by atoms with Crippen molar-refractivity contribution in [3.63, 3.8) is 0 Å². The molecule has 1 heterocycles. The number of hydrogen-bond acceptors (Lipinski definition) is 4. The maximum Gasteiger partial charge on any atom is 0.227 e. The third kappa shape index (κ3) is 4.22. The van der Waals surface area contributed by atoms with Gasteiger partial charge < -0.3 is 20.3 Å². The molecule has 1 fully saturated rings. The lowest BCUT2D eigenvalue weighted by Crippen LogP contribution is -2.40. The van der Waals surface area contributed by atoms with E-state index < -0.39 is 0 Å². The van der Waals surface area contributed by atoms with Gasteiger partial charge in [-0.05, 0) is 18.2 Å². The maximum atomic E-state index is 11.9. The topological polar surface area (TPSA) is 53.6 Å². The van der Waals surface area contributed by atoms with E-state index in [2.05, 4.69) is 10.6 Å². The van der Waals surface area contributed by atoms with Crippen LogP contribution in [0.25, 0.3) is 0 Å². The lowest BCUT2D eigenvalue weighted by atomic mass is 10.2. The highest BCUT2D eigenvalue weighted by Crippen LogP contribution is 2.17. The van der Waals surface area contributed by atoms with E-state index in [9.17, 15) is 4.79 Å². The minimum atomic E-state index is -0.0224. The Hall–Kier alpha value is -1.59. The van der Waals surface area contributed by atoms with Crippen molar-refractivity contribution in [3.8, 4) is 0 Å². The monoisotopic (exact) mass is 263 g/mol. The zero-order valence-electron chi connectivity index (χ0n) is 11.5. The Balaban J connectivity index is 1.89. The Morgan fingerprint density at radius 2 is 2.37 bits per heavy atom. The number of nitrogens with one attached hydrogen (secondary N) is 2. The molecular weight excluding hydrogens is 242 g/mol. The lowest BCUT2D eigenvalue weighted by molar-refractivity contribution is -0.119. The average molecular weight is 263 g/mol. The summed E-state index contributed by atoms with van der Waals surface area (Å²) in [6, 6.07) is 7.79. The number of nitrogens with zero attached hydrogens (tertiary/aromatic N) is 1. The Bertz CT molecular complexity index is 428. The standard InChI is InChI=1S/C14H21N3O2/c1-17(2)12-5-3-4-11(8-12)16-14(18)9-13-10-15-6-7-19-13/h3-5,8,13,15H,6-7,9-10H2,1-2H3,(H,16,18). The molecule has 1 aliphatic rings. The highest BCUT2D eigenvalue weighted by Gasteiger charge is 2.17. The summed E-state index contributed by atoms with van der Waals surface area (Å²) < 4.78 is 5.52. The molecular formula is C14H21N3O2. The maximum absolute atomic E-state index is 11.9. The molecule has 19 heavy (non-hydrogen) atoms. The first kappa shape index (κ1) is 13.8. The fourth-order valence-corrected chi connectivity index (χ4v) is 2.03. The number of rotatable bonds is 4. The highest BCUT2D eigenvalue weighted by molar-refractivity contribution is 5.91. The van der Waals surface area contributed by atoms with Gasteiger partial charge in [0, 0.05) is 38.6 Å². The van der Waals surface area contributed by atoms with Gasteiger partial charge in [0.25, 0.3) is 0 Å². The van der Waals surface area contributed by atoms with E-state index >= 15 is 0 Å². The van der Waals surface area contributed by atoms with Crippen LogP contribution in [0.3, 0.4) is 0 Å². The van der Waals surface area contributed by atoms with Crippen LogP contribution in [-0.4, -0.2) is 45.8 Å². The molecule has 5 nitrogen and oxygen atoms in total. The van der Waals surface area contributed by atoms with E-state index in [1.54, 1.807) is 0 Å². The van der Waals surface area contributed by atoms with Crippen LogP contribution in [0.2, 0.25) is 0 Å². The molecule has 1 unspecified atom stereocenters. The molecule has 2 N–H and O–H groups in total. The Morgan fingerprint density at radius 1 is 1.53 bits per heavy atom. The molecule has 1 saturated heterocycles. The molecule has 0 bridgehead atoms. The van der Waals surface area contributed by atoms with Crippen molar-refractivity contribution in [1.29, 1.82) is 0 Å². The SMILES string of the molecule is CN(C)c1cccc(NC(=O)CC2CNCCO2)c1. The molecule has 5 heteroatoms. The fourth-order valence-electron chi connectivity index (χ4n) is 2.03. The molecule has 1 aliphatic heterocycles. The molecule has 1 aromatic rings. The minimum Gasteiger partial charge on any atom is -0.378 e. The molecule has 1 aromatic carbocycles. The lowest BCUT2D eigenvalue weighted by Gasteiger charge is -2.23. The van der Waals surface area contributed by atoms with Crippen molar-refractivity contribution in [2.24, 2.45) is 0 Å². The molecule has 2 rings (SSSR count). The molecule has 0 radical (unpaired) electrons. The van der Waals surface area contributed by atoms with Crippen molar-refractivity contribution in [1.82, 2.24) is 5.32 Å². The number of carbonyl (C=O) groups excluding carboxylic acids is 1. The van der Waals surface area contributed by atoms with Gasteiger partial charge in [-0.1, -0.05) is 6.07 Å². The van der Waals surface area contributed by atoms with Crippen LogP contribution in [0, 0.1) is 0 Å². The number of benzene rings is 1. The first-order valence-corrected chi connectivity index (χ1v) is 6.55. The predicted molar refractivity (Wildman–Crippen MR) is 76.6 cm³/mol. The summed E-state index contributed by atoms with van der Waals surface area (Å²) in [6.07, 6.45) is 0.366. The van der Waals surface area contributed by atoms with Crippen molar-refractivity contribution in [3.05, 3.63) is 24.3 Å². The predicted octanol–water partition coefficient (Wildman–Crippen LogP) is 1.07. The van der Waals surface area contributed by atoms with Crippen LogP contribution in [0.4, 0.5) is 11.4 Å². The molecule has 0 spiro atoms. The second-order valence-corrected chi connectivity index (χ2v) is 4.89. The second kappa shape index (κ2) is 6.54. The van der Waals surface area contributed by atoms with Crippen molar-refractivity contribution >= 4 is 17.3 Å². The van der Waals surface area contributed by atoms with Crippen LogP contribution < -0.4 is 15.5 Å². The Morgan fingerprint density at radius 3 is 3.05 bits per heavy atom. The average Bonchev–Trinajstić information content (AvgIpc) is 2.40. The largest absolute Gasteiger partial charge is 0.378 e. The minimum absolute atomic E-state index is 0.00962. The number of morpholine rings is 1. The van der Waals surface area contributed by atoms with E-state index in [1.165, 1.54) is 0 Å². The fraction of sp³-hybridized carbons (Fsp3) is 0.500. The zero-order chi connectivity index (χ0) is 13.7. The van der Waals surface area contributed by atoms with Crippen molar-refractivity contribution in [2.75, 3.05) is 44.0 Å². The van der Waals surface area contributed by atoms with Crippen molar-refractivity contribution < 1.29 is 9.53 Å². The van der Waals surface area contributed by atoms with Gasteiger partial charge in [-0.25, -0.2) is 0 Å². The van der Waals surface area contributed by atoms with Crippen LogP contribution in [-0.2, 0) is 9.53 Å². The van der Waals surface area contributed by atoms with Crippen LogP contribution in [0.15, 0.2) is 24.3 Å². The van der Waals surface area contributed by atoms with E-state index in [4.69, 9.17) is 4.74 Å². The van der Waals surface area contributed by atoms with Gasteiger partial charge in [-0.2, -0.15) is 0 Å². The summed E-state index contributed by atoms with van der Waals surface area (Å²) in [5.74, 6) is -0.00962. The molecule has 1 atom stereocenters. The smallest absolute Gasteiger partial charge is 0.227 e. The molecule has 1 amide bonds. The van der Waals surface area contributed by atoms with Gasteiger partial charge in [0.2, 0.25) is 5.91 Å². The van der Waals surface area contributed by atoms with Crippen LogP contribution >= 0.6 is 0 Å². The van der Waals surface area contributed by atoms with Crippen LogP contribution in [0.1, 0.15) is 6.42 Å². The summed E-state index contributed by atoms with van der Waals surface area (Å²) >= 11 is 0. The van der Waals surface area contributed by atoms with Gasteiger partial charge in [0.15, 0.2) is 0 Å². The van der Waals surface area contributed by atoms with E-state index in [0.29, 0.717) is 13.0 Å². The van der Waals surface area contributed by atoms with Gasteiger partial charge in [0.05, 0.1) is 19.1 Å².